The molecule has 2 atom stereocenters. The number of benzene rings is 1. The van der Waals surface area contributed by atoms with E-state index in [0.29, 0.717) is 12.1 Å². The van der Waals surface area contributed by atoms with Crippen LogP contribution in [0.1, 0.15) is 31.4 Å². The summed E-state index contributed by atoms with van der Waals surface area (Å²) in [5, 5.41) is 3.60. The summed E-state index contributed by atoms with van der Waals surface area (Å²) in [5.41, 5.74) is 1.37. The van der Waals surface area contributed by atoms with Crippen LogP contribution in [0.3, 0.4) is 0 Å². The molecular formula is C15H24N2O. The summed E-state index contributed by atoms with van der Waals surface area (Å²) in [4.78, 5) is 2.34. The summed E-state index contributed by atoms with van der Waals surface area (Å²) in [6.45, 7) is 3.84. The number of hydrogen-bond acceptors (Lipinski definition) is 3. The maximum Gasteiger partial charge on any atom is 0.119 e. The van der Waals surface area contributed by atoms with Gasteiger partial charge in [0.05, 0.1) is 6.61 Å². The van der Waals surface area contributed by atoms with Crippen LogP contribution in [0.4, 0.5) is 0 Å². The van der Waals surface area contributed by atoms with Crippen molar-refractivity contribution in [2.75, 3.05) is 27.2 Å². The Balaban J connectivity index is 2.02. The molecule has 1 aromatic rings. The Bertz CT molecular complexity index is 361. The van der Waals surface area contributed by atoms with Crippen LogP contribution in [0.2, 0.25) is 0 Å². The van der Waals surface area contributed by atoms with Gasteiger partial charge in [0.1, 0.15) is 5.75 Å². The Kier molecular flexibility index (Phi) is 4.61. The Morgan fingerprint density at radius 1 is 1.28 bits per heavy atom. The highest BCUT2D eigenvalue weighted by Gasteiger charge is 2.23. The van der Waals surface area contributed by atoms with E-state index in [-0.39, 0.29) is 0 Å². The van der Waals surface area contributed by atoms with E-state index in [0.717, 1.165) is 18.9 Å². The predicted molar refractivity (Wildman–Crippen MR) is 75.1 cm³/mol. The molecule has 1 heterocycles. The molecule has 3 heteroatoms. The van der Waals surface area contributed by atoms with Crippen molar-refractivity contribution >= 4 is 0 Å². The van der Waals surface area contributed by atoms with Crippen LogP contribution in [0.5, 0.6) is 5.75 Å². The van der Waals surface area contributed by atoms with E-state index in [9.17, 15) is 0 Å². The predicted octanol–water partition coefficient (Wildman–Crippen LogP) is 2.44. The van der Waals surface area contributed by atoms with Gasteiger partial charge in [0.2, 0.25) is 0 Å². The first-order valence-electron chi connectivity index (χ1n) is 6.83. The summed E-state index contributed by atoms with van der Waals surface area (Å²) in [6.07, 6.45) is 2.42. The first-order valence-corrected chi connectivity index (χ1v) is 6.83. The summed E-state index contributed by atoms with van der Waals surface area (Å²) >= 11 is 0. The molecule has 1 aliphatic rings. The van der Waals surface area contributed by atoms with Gasteiger partial charge in [0.25, 0.3) is 0 Å². The highest BCUT2D eigenvalue weighted by molar-refractivity contribution is 5.29. The average Bonchev–Trinajstić information content (AvgIpc) is 2.40. The summed E-state index contributed by atoms with van der Waals surface area (Å²) in [6, 6.07) is 9.66. The quantitative estimate of drug-likeness (QED) is 0.885. The molecular weight excluding hydrogens is 224 g/mol. The van der Waals surface area contributed by atoms with E-state index in [1.54, 1.807) is 0 Å². The summed E-state index contributed by atoms with van der Waals surface area (Å²) < 4.78 is 5.48. The number of nitrogens with one attached hydrogen (secondary N) is 1. The van der Waals surface area contributed by atoms with Crippen molar-refractivity contribution in [3.8, 4) is 5.75 Å². The molecule has 0 aliphatic carbocycles. The third-order valence-electron chi connectivity index (χ3n) is 3.70. The Labute approximate surface area is 110 Å². The van der Waals surface area contributed by atoms with Gasteiger partial charge in [-0.25, -0.2) is 0 Å². The van der Waals surface area contributed by atoms with E-state index in [1.165, 1.54) is 18.4 Å². The number of hydrogen-bond donors (Lipinski definition) is 1. The Hall–Kier alpha value is -1.06. The van der Waals surface area contributed by atoms with E-state index < -0.39 is 0 Å². The van der Waals surface area contributed by atoms with Crippen LogP contribution in [0, 0.1) is 0 Å². The molecule has 0 aromatic heterocycles. The maximum atomic E-state index is 5.48. The zero-order valence-corrected chi connectivity index (χ0v) is 11.6. The highest BCUT2D eigenvalue weighted by atomic mass is 16.5. The molecule has 18 heavy (non-hydrogen) atoms. The molecule has 0 bridgehead atoms. The van der Waals surface area contributed by atoms with Gasteiger partial charge in [-0.3, -0.25) is 0 Å². The highest BCUT2D eigenvalue weighted by Crippen LogP contribution is 2.26. The van der Waals surface area contributed by atoms with Crippen LogP contribution in [0.15, 0.2) is 24.3 Å². The second-order valence-electron chi connectivity index (χ2n) is 5.15. The lowest BCUT2D eigenvalue weighted by molar-refractivity contribution is 0.207. The third-order valence-corrected chi connectivity index (χ3v) is 3.70. The van der Waals surface area contributed by atoms with Gasteiger partial charge in [-0.1, -0.05) is 12.1 Å². The van der Waals surface area contributed by atoms with E-state index in [1.807, 2.05) is 6.92 Å². The van der Waals surface area contributed by atoms with Gasteiger partial charge >= 0.3 is 0 Å². The smallest absolute Gasteiger partial charge is 0.119 e. The summed E-state index contributed by atoms with van der Waals surface area (Å²) in [5.74, 6) is 0.959. The molecule has 1 N–H and O–H groups in total. The van der Waals surface area contributed by atoms with Crippen molar-refractivity contribution in [2.45, 2.75) is 31.8 Å². The Morgan fingerprint density at radius 2 is 2.00 bits per heavy atom. The zero-order chi connectivity index (χ0) is 13.0. The van der Waals surface area contributed by atoms with Crippen LogP contribution < -0.4 is 10.1 Å². The fourth-order valence-corrected chi connectivity index (χ4v) is 2.58. The van der Waals surface area contributed by atoms with Gasteiger partial charge in [-0.2, -0.15) is 0 Å². The molecule has 2 rings (SSSR count). The molecule has 100 valence electrons. The van der Waals surface area contributed by atoms with Crippen molar-refractivity contribution in [1.29, 1.82) is 0 Å². The topological polar surface area (TPSA) is 24.5 Å². The van der Waals surface area contributed by atoms with Gasteiger partial charge in [0.15, 0.2) is 0 Å². The van der Waals surface area contributed by atoms with E-state index >= 15 is 0 Å². The lowest BCUT2D eigenvalue weighted by Crippen LogP contribution is -2.41. The first-order chi connectivity index (χ1) is 8.70. The fraction of sp³-hybridized carbons (Fsp3) is 0.600. The SMILES string of the molecule is CCOc1ccc(C2CC(N(C)C)CCN2)cc1. The van der Waals surface area contributed by atoms with Gasteiger partial charge in [0, 0.05) is 12.1 Å². The van der Waals surface area contributed by atoms with E-state index in [2.05, 4.69) is 48.6 Å². The molecule has 1 aromatic carbocycles. The lowest BCUT2D eigenvalue weighted by atomic mass is 9.93. The lowest BCUT2D eigenvalue weighted by Gasteiger charge is -2.34. The molecule has 0 amide bonds. The standard InChI is InChI=1S/C15H24N2O/c1-4-18-14-7-5-12(6-8-14)15-11-13(17(2)3)9-10-16-15/h5-8,13,15-16H,4,9-11H2,1-3H3. The molecule has 0 spiro atoms. The van der Waals surface area contributed by atoms with Crippen LogP contribution in [-0.4, -0.2) is 38.2 Å². The molecule has 1 aliphatic heterocycles. The van der Waals surface area contributed by atoms with Crippen molar-refractivity contribution in [3.63, 3.8) is 0 Å². The van der Waals surface area contributed by atoms with Crippen molar-refractivity contribution in [2.24, 2.45) is 0 Å². The molecule has 2 unspecified atom stereocenters. The van der Waals surface area contributed by atoms with Crippen molar-refractivity contribution < 1.29 is 4.74 Å². The van der Waals surface area contributed by atoms with Gasteiger partial charge in [-0.05, 0) is 58.1 Å². The monoisotopic (exact) mass is 248 g/mol. The maximum absolute atomic E-state index is 5.48. The fourth-order valence-electron chi connectivity index (χ4n) is 2.58. The summed E-state index contributed by atoms with van der Waals surface area (Å²) in [7, 11) is 4.34. The largest absolute Gasteiger partial charge is 0.494 e. The minimum absolute atomic E-state index is 0.474. The van der Waals surface area contributed by atoms with E-state index in [4.69, 9.17) is 4.74 Å². The molecule has 3 nitrogen and oxygen atoms in total. The minimum atomic E-state index is 0.474. The first kappa shape index (κ1) is 13.4. The second kappa shape index (κ2) is 6.21. The average molecular weight is 248 g/mol. The van der Waals surface area contributed by atoms with Gasteiger partial charge < -0.3 is 15.0 Å². The number of rotatable bonds is 4. The second-order valence-corrected chi connectivity index (χ2v) is 5.15. The van der Waals surface area contributed by atoms with Gasteiger partial charge in [-0.15, -0.1) is 0 Å². The molecule has 1 saturated heterocycles. The van der Waals surface area contributed by atoms with Crippen molar-refractivity contribution in [3.05, 3.63) is 29.8 Å². The van der Waals surface area contributed by atoms with Crippen LogP contribution >= 0.6 is 0 Å². The third kappa shape index (κ3) is 3.24. The molecule has 1 fully saturated rings. The molecule has 0 saturated carbocycles. The Morgan fingerprint density at radius 3 is 2.61 bits per heavy atom. The van der Waals surface area contributed by atoms with Crippen LogP contribution in [-0.2, 0) is 0 Å². The number of ether oxygens (including phenoxy) is 1. The number of nitrogens with zero attached hydrogens (tertiary/aromatic N) is 1. The van der Waals surface area contributed by atoms with Crippen LogP contribution in [0.25, 0.3) is 0 Å². The van der Waals surface area contributed by atoms with Crippen molar-refractivity contribution in [1.82, 2.24) is 10.2 Å². The zero-order valence-electron chi connectivity index (χ0n) is 11.6. The normalized spacial score (nSPS) is 24.2. The minimum Gasteiger partial charge on any atom is -0.494 e. The number of piperidine rings is 1. The molecule has 0 radical (unpaired) electrons.